The number of carbonyl (C=O) groups excluding carboxylic acids is 1. The molecule has 5 nitrogen and oxygen atoms in total. The highest BCUT2D eigenvalue weighted by molar-refractivity contribution is 5.90. The summed E-state index contributed by atoms with van der Waals surface area (Å²) >= 11 is 0. The zero-order chi connectivity index (χ0) is 14.5. The number of esters is 1. The number of hydrogen-bond donors (Lipinski definition) is 1. The number of hydrogen-bond acceptors (Lipinski definition) is 5. The van der Waals surface area contributed by atoms with Gasteiger partial charge in [0.25, 0.3) is 0 Å². The third kappa shape index (κ3) is 3.56. The number of methoxy groups -OCH3 is 1. The highest BCUT2D eigenvalue weighted by atomic mass is 16.5. The number of aliphatic hydroxyl groups excluding tert-OH is 1. The first-order valence-corrected chi connectivity index (χ1v) is 6.79. The van der Waals surface area contributed by atoms with Crippen LogP contribution in [-0.2, 0) is 16.0 Å². The molecule has 0 aliphatic carbocycles. The lowest BCUT2D eigenvalue weighted by Gasteiger charge is -2.36. The molecular weight excluding hydrogens is 258 g/mol. The number of benzene rings is 1. The predicted molar refractivity (Wildman–Crippen MR) is 74.5 cm³/mol. The Kier molecular flexibility index (Phi) is 5.11. The molecule has 0 amide bonds. The Bertz CT molecular complexity index is 463. The Morgan fingerprint density at radius 1 is 1.45 bits per heavy atom. The third-order valence-corrected chi connectivity index (χ3v) is 3.42. The van der Waals surface area contributed by atoms with E-state index in [0.717, 1.165) is 12.1 Å². The summed E-state index contributed by atoms with van der Waals surface area (Å²) in [4.78, 5) is 13.9. The molecular formula is C15H21NO4. The van der Waals surface area contributed by atoms with Gasteiger partial charge < -0.3 is 14.6 Å². The summed E-state index contributed by atoms with van der Waals surface area (Å²) in [6, 6.07) is 7.44. The van der Waals surface area contributed by atoms with Crippen LogP contribution in [0, 0.1) is 0 Å². The maximum atomic E-state index is 11.8. The van der Waals surface area contributed by atoms with E-state index in [1.54, 1.807) is 6.07 Å². The van der Waals surface area contributed by atoms with Gasteiger partial charge in [0.15, 0.2) is 0 Å². The minimum absolute atomic E-state index is 0.0134. The van der Waals surface area contributed by atoms with Crippen molar-refractivity contribution in [2.24, 2.45) is 0 Å². The van der Waals surface area contributed by atoms with Gasteiger partial charge in [-0.15, -0.1) is 0 Å². The molecule has 2 unspecified atom stereocenters. The quantitative estimate of drug-likeness (QED) is 0.835. The van der Waals surface area contributed by atoms with Crippen LogP contribution in [0.25, 0.3) is 0 Å². The summed E-state index contributed by atoms with van der Waals surface area (Å²) in [5.74, 6) is -0.319. The average Bonchev–Trinajstić information content (AvgIpc) is 2.46. The minimum atomic E-state index is -0.319. The monoisotopic (exact) mass is 279 g/mol. The molecule has 1 heterocycles. The SMILES string of the molecule is COC(=O)c1ccccc1CN1CC(C)OC(CO)C1. The highest BCUT2D eigenvalue weighted by Gasteiger charge is 2.25. The van der Waals surface area contributed by atoms with Crippen molar-refractivity contribution in [1.29, 1.82) is 0 Å². The van der Waals surface area contributed by atoms with Gasteiger partial charge in [-0.1, -0.05) is 18.2 Å². The number of ether oxygens (including phenoxy) is 2. The molecule has 1 fully saturated rings. The van der Waals surface area contributed by atoms with Gasteiger partial charge in [0, 0.05) is 19.6 Å². The lowest BCUT2D eigenvalue weighted by Crippen LogP contribution is -2.47. The zero-order valence-electron chi connectivity index (χ0n) is 11.9. The molecule has 2 atom stereocenters. The summed E-state index contributed by atoms with van der Waals surface area (Å²) in [5.41, 5.74) is 1.53. The van der Waals surface area contributed by atoms with Gasteiger partial charge >= 0.3 is 5.97 Å². The molecule has 0 radical (unpaired) electrons. The molecule has 1 aliphatic heterocycles. The zero-order valence-corrected chi connectivity index (χ0v) is 11.9. The van der Waals surface area contributed by atoms with E-state index >= 15 is 0 Å². The number of nitrogens with zero attached hydrogens (tertiary/aromatic N) is 1. The number of carbonyl (C=O) groups is 1. The summed E-state index contributed by atoms with van der Waals surface area (Å²) < 4.78 is 10.4. The first kappa shape index (κ1) is 15.0. The normalized spacial score (nSPS) is 23.6. The van der Waals surface area contributed by atoms with E-state index in [4.69, 9.17) is 9.47 Å². The number of aliphatic hydroxyl groups is 1. The molecule has 1 aromatic carbocycles. The van der Waals surface area contributed by atoms with Gasteiger partial charge in [0.2, 0.25) is 0 Å². The lowest BCUT2D eigenvalue weighted by atomic mass is 10.1. The fraction of sp³-hybridized carbons (Fsp3) is 0.533. The smallest absolute Gasteiger partial charge is 0.338 e. The Labute approximate surface area is 119 Å². The van der Waals surface area contributed by atoms with Gasteiger partial charge in [-0.05, 0) is 18.6 Å². The Morgan fingerprint density at radius 3 is 2.90 bits per heavy atom. The van der Waals surface area contributed by atoms with Crippen LogP contribution in [0.4, 0.5) is 0 Å². The van der Waals surface area contributed by atoms with Crippen molar-refractivity contribution in [1.82, 2.24) is 4.90 Å². The Balaban J connectivity index is 2.11. The van der Waals surface area contributed by atoms with Crippen LogP contribution in [0.5, 0.6) is 0 Å². The van der Waals surface area contributed by atoms with Gasteiger partial charge in [-0.25, -0.2) is 4.79 Å². The van der Waals surface area contributed by atoms with Gasteiger partial charge in [-0.3, -0.25) is 4.90 Å². The second-order valence-electron chi connectivity index (χ2n) is 5.09. The number of rotatable bonds is 4. The largest absolute Gasteiger partial charge is 0.465 e. The van der Waals surface area contributed by atoms with E-state index in [2.05, 4.69) is 4.90 Å². The maximum Gasteiger partial charge on any atom is 0.338 e. The third-order valence-electron chi connectivity index (χ3n) is 3.42. The second-order valence-corrected chi connectivity index (χ2v) is 5.09. The lowest BCUT2D eigenvalue weighted by molar-refractivity contribution is -0.0972. The van der Waals surface area contributed by atoms with Crippen molar-refractivity contribution >= 4 is 5.97 Å². The molecule has 0 saturated carbocycles. The molecule has 1 aromatic rings. The van der Waals surface area contributed by atoms with Crippen molar-refractivity contribution in [3.8, 4) is 0 Å². The summed E-state index contributed by atoms with van der Waals surface area (Å²) in [5, 5.41) is 9.25. The average molecular weight is 279 g/mol. The summed E-state index contributed by atoms with van der Waals surface area (Å²) in [6.07, 6.45) is -0.0878. The van der Waals surface area contributed by atoms with Crippen molar-refractivity contribution in [3.63, 3.8) is 0 Å². The van der Waals surface area contributed by atoms with E-state index in [9.17, 15) is 9.90 Å². The van der Waals surface area contributed by atoms with Gasteiger partial charge in [0.05, 0.1) is 31.5 Å². The van der Waals surface area contributed by atoms with Crippen LogP contribution in [0.1, 0.15) is 22.8 Å². The predicted octanol–water partition coefficient (Wildman–Crippen LogP) is 1.05. The number of morpholine rings is 1. The molecule has 0 spiro atoms. The minimum Gasteiger partial charge on any atom is -0.465 e. The first-order chi connectivity index (χ1) is 9.63. The first-order valence-electron chi connectivity index (χ1n) is 6.79. The van der Waals surface area contributed by atoms with Crippen LogP contribution in [0.3, 0.4) is 0 Å². The van der Waals surface area contributed by atoms with Crippen molar-refractivity contribution in [2.75, 3.05) is 26.8 Å². The summed E-state index contributed by atoms with van der Waals surface area (Å²) in [6.45, 7) is 4.10. The van der Waals surface area contributed by atoms with Crippen LogP contribution in [0.15, 0.2) is 24.3 Å². The molecule has 110 valence electrons. The van der Waals surface area contributed by atoms with Gasteiger partial charge in [-0.2, -0.15) is 0 Å². The van der Waals surface area contributed by atoms with Crippen molar-refractivity contribution < 1.29 is 19.4 Å². The molecule has 20 heavy (non-hydrogen) atoms. The Hall–Kier alpha value is -1.43. The van der Waals surface area contributed by atoms with Crippen LogP contribution >= 0.6 is 0 Å². The van der Waals surface area contributed by atoms with E-state index in [1.807, 2.05) is 25.1 Å². The van der Waals surface area contributed by atoms with Crippen LogP contribution in [0.2, 0.25) is 0 Å². The molecule has 1 aliphatic rings. The maximum absolute atomic E-state index is 11.8. The topological polar surface area (TPSA) is 59.0 Å². The van der Waals surface area contributed by atoms with E-state index in [0.29, 0.717) is 18.7 Å². The highest BCUT2D eigenvalue weighted by Crippen LogP contribution is 2.17. The molecule has 1 saturated heterocycles. The van der Waals surface area contributed by atoms with E-state index in [-0.39, 0.29) is 24.8 Å². The van der Waals surface area contributed by atoms with Crippen LogP contribution in [-0.4, -0.2) is 55.0 Å². The van der Waals surface area contributed by atoms with E-state index < -0.39 is 0 Å². The standard InChI is InChI=1S/C15H21NO4/c1-11-7-16(9-13(10-17)20-11)8-12-5-3-4-6-14(12)15(18)19-2/h3-6,11,13,17H,7-10H2,1-2H3. The van der Waals surface area contributed by atoms with E-state index in [1.165, 1.54) is 7.11 Å². The second kappa shape index (κ2) is 6.83. The molecule has 5 heteroatoms. The van der Waals surface area contributed by atoms with Crippen molar-refractivity contribution in [3.05, 3.63) is 35.4 Å². The molecule has 1 N–H and O–H groups in total. The van der Waals surface area contributed by atoms with Gasteiger partial charge in [0.1, 0.15) is 0 Å². The molecule has 0 aromatic heterocycles. The molecule has 0 bridgehead atoms. The molecule has 2 rings (SSSR count). The summed E-state index contributed by atoms with van der Waals surface area (Å²) in [7, 11) is 1.39. The fourth-order valence-corrected chi connectivity index (χ4v) is 2.58. The van der Waals surface area contributed by atoms with Crippen LogP contribution < -0.4 is 0 Å². The van der Waals surface area contributed by atoms with Crippen molar-refractivity contribution in [2.45, 2.75) is 25.7 Å². The fourth-order valence-electron chi connectivity index (χ4n) is 2.58. The Morgan fingerprint density at radius 2 is 2.20 bits per heavy atom.